The Hall–Kier alpha value is -3.59. The molecule has 4 N–H and O–H groups in total. The summed E-state index contributed by atoms with van der Waals surface area (Å²) in [6.07, 6.45) is 2.79. The molecule has 0 unspecified atom stereocenters. The maximum absolute atomic E-state index is 12.1. The Morgan fingerprint density at radius 3 is 2.60 bits per heavy atom. The van der Waals surface area contributed by atoms with Crippen LogP contribution in [0.4, 0.5) is 0 Å². The van der Waals surface area contributed by atoms with E-state index in [1.54, 1.807) is 30.3 Å². The summed E-state index contributed by atoms with van der Waals surface area (Å²) in [6.45, 7) is 0.550. The second-order valence-electron chi connectivity index (χ2n) is 5.50. The fourth-order valence-electron chi connectivity index (χ4n) is 2.66. The second kappa shape index (κ2) is 6.89. The topological polar surface area (TPSA) is 114 Å². The van der Waals surface area contributed by atoms with E-state index >= 15 is 0 Å². The highest BCUT2D eigenvalue weighted by molar-refractivity contribution is 6.03. The SMILES string of the molecule is N#Cc1ccc(C2=CCCOc3ccc(C(=O)N=C(N)N)cc32)cc1. The summed E-state index contributed by atoms with van der Waals surface area (Å²) in [5.41, 5.74) is 14.2. The van der Waals surface area contributed by atoms with Gasteiger partial charge in [-0.1, -0.05) is 18.2 Å². The van der Waals surface area contributed by atoms with Crippen LogP contribution in [-0.4, -0.2) is 18.5 Å². The number of ether oxygens (including phenoxy) is 1. The summed E-state index contributed by atoms with van der Waals surface area (Å²) in [6, 6.07) is 14.5. The van der Waals surface area contributed by atoms with Gasteiger partial charge in [0.05, 0.1) is 18.2 Å². The van der Waals surface area contributed by atoms with Crippen molar-refractivity contribution in [3.8, 4) is 11.8 Å². The van der Waals surface area contributed by atoms with Crippen LogP contribution >= 0.6 is 0 Å². The molecule has 2 aromatic rings. The van der Waals surface area contributed by atoms with Gasteiger partial charge in [-0.25, -0.2) is 0 Å². The summed E-state index contributed by atoms with van der Waals surface area (Å²) in [5.74, 6) is -0.0976. The summed E-state index contributed by atoms with van der Waals surface area (Å²) in [5, 5.41) is 8.96. The molecule has 124 valence electrons. The van der Waals surface area contributed by atoms with Crippen LogP contribution in [0.15, 0.2) is 53.5 Å². The third-order valence-electron chi connectivity index (χ3n) is 3.80. The summed E-state index contributed by atoms with van der Waals surface area (Å²) in [4.78, 5) is 15.7. The maximum atomic E-state index is 12.1. The first-order chi connectivity index (χ1) is 12.1. The van der Waals surface area contributed by atoms with Crippen LogP contribution in [0.5, 0.6) is 5.75 Å². The molecule has 0 radical (unpaired) electrons. The third kappa shape index (κ3) is 3.51. The fourth-order valence-corrected chi connectivity index (χ4v) is 2.66. The molecule has 6 heteroatoms. The minimum absolute atomic E-state index is 0.279. The van der Waals surface area contributed by atoms with Gasteiger partial charge < -0.3 is 16.2 Å². The van der Waals surface area contributed by atoms with E-state index in [1.165, 1.54) is 0 Å². The number of carbonyl (C=O) groups is 1. The summed E-state index contributed by atoms with van der Waals surface area (Å²) >= 11 is 0. The molecular weight excluding hydrogens is 316 g/mol. The van der Waals surface area contributed by atoms with E-state index in [0.717, 1.165) is 23.1 Å². The number of carbonyl (C=O) groups excluding carboxylic acids is 1. The smallest absolute Gasteiger partial charge is 0.280 e. The normalized spacial score (nSPS) is 12.7. The van der Waals surface area contributed by atoms with Gasteiger partial charge in [-0.05, 0) is 41.5 Å². The number of aliphatic imine (C=N–C) groups is 1. The van der Waals surface area contributed by atoms with Gasteiger partial charge in [0.2, 0.25) is 0 Å². The molecule has 0 saturated heterocycles. The molecule has 1 heterocycles. The lowest BCUT2D eigenvalue weighted by Gasteiger charge is -2.12. The van der Waals surface area contributed by atoms with Crippen molar-refractivity contribution in [3.05, 3.63) is 70.8 Å². The number of nitrogens with two attached hydrogens (primary N) is 2. The molecule has 0 aliphatic carbocycles. The Morgan fingerprint density at radius 1 is 1.16 bits per heavy atom. The molecule has 0 fully saturated rings. The zero-order chi connectivity index (χ0) is 17.8. The minimum atomic E-state index is -0.508. The number of nitrogens with zero attached hydrogens (tertiary/aromatic N) is 2. The number of guanidine groups is 1. The molecule has 0 saturated carbocycles. The van der Waals surface area contributed by atoms with E-state index in [0.29, 0.717) is 23.5 Å². The van der Waals surface area contributed by atoms with E-state index in [9.17, 15) is 4.79 Å². The molecule has 0 aromatic heterocycles. The standard InChI is InChI=1S/C19H16N4O2/c20-11-12-3-5-13(6-4-12)15-2-1-9-25-17-8-7-14(10-16(15)17)18(24)23-19(21)22/h2-8,10H,1,9H2,(H4,21,22,23,24). The molecule has 6 nitrogen and oxygen atoms in total. The first kappa shape index (κ1) is 16.3. The van der Waals surface area contributed by atoms with Gasteiger partial charge in [0, 0.05) is 17.5 Å². The first-order valence-corrected chi connectivity index (χ1v) is 7.70. The van der Waals surface area contributed by atoms with Crippen molar-refractivity contribution in [2.75, 3.05) is 6.61 Å². The van der Waals surface area contributed by atoms with Crippen LogP contribution in [-0.2, 0) is 0 Å². The van der Waals surface area contributed by atoms with Crippen LogP contribution in [0, 0.1) is 11.3 Å². The predicted octanol–water partition coefficient (Wildman–Crippen LogP) is 2.19. The largest absolute Gasteiger partial charge is 0.493 e. The molecule has 0 spiro atoms. The average Bonchev–Trinajstić information content (AvgIpc) is 2.83. The van der Waals surface area contributed by atoms with Gasteiger partial charge in [0.15, 0.2) is 5.96 Å². The lowest BCUT2D eigenvalue weighted by Crippen LogP contribution is -2.24. The Bertz CT molecular complexity index is 917. The molecule has 3 rings (SSSR count). The van der Waals surface area contributed by atoms with Crippen molar-refractivity contribution in [2.24, 2.45) is 16.5 Å². The predicted molar refractivity (Wildman–Crippen MR) is 94.9 cm³/mol. The van der Waals surface area contributed by atoms with Crippen molar-refractivity contribution in [3.63, 3.8) is 0 Å². The zero-order valence-corrected chi connectivity index (χ0v) is 13.4. The number of benzene rings is 2. The third-order valence-corrected chi connectivity index (χ3v) is 3.80. The number of amides is 1. The number of nitriles is 1. The maximum Gasteiger partial charge on any atom is 0.280 e. The van der Waals surface area contributed by atoms with E-state index in [4.69, 9.17) is 21.5 Å². The molecule has 1 aliphatic rings. The molecule has 1 amide bonds. The van der Waals surface area contributed by atoms with E-state index in [1.807, 2.05) is 12.1 Å². The molecular formula is C19H16N4O2. The Balaban J connectivity index is 2.08. The Labute approximate surface area is 145 Å². The Kier molecular flexibility index (Phi) is 4.48. The zero-order valence-electron chi connectivity index (χ0n) is 13.4. The van der Waals surface area contributed by atoms with Gasteiger partial charge in [-0.2, -0.15) is 10.3 Å². The van der Waals surface area contributed by atoms with E-state index in [2.05, 4.69) is 17.1 Å². The molecule has 25 heavy (non-hydrogen) atoms. The van der Waals surface area contributed by atoms with Gasteiger partial charge in [-0.3, -0.25) is 4.79 Å². The van der Waals surface area contributed by atoms with E-state index in [-0.39, 0.29) is 5.96 Å². The summed E-state index contributed by atoms with van der Waals surface area (Å²) < 4.78 is 5.76. The number of hydrogen-bond acceptors (Lipinski definition) is 3. The van der Waals surface area contributed by atoms with Crippen LogP contribution in [0.2, 0.25) is 0 Å². The number of rotatable bonds is 2. The fraction of sp³-hybridized carbons (Fsp3) is 0.105. The second-order valence-corrected chi connectivity index (χ2v) is 5.50. The van der Waals surface area contributed by atoms with Crippen molar-refractivity contribution >= 4 is 17.4 Å². The lowest BCUT2D eigenvalue weighted by atomic mass is 9.94. The number of fused-ring (bicyclic) bond motifs is 1. The highest BCUT2D eigenvalue weighted by Crippen LogP contribution is 2.34. The highest BCUT2D eigenvalue weighted by Gasteiger charge is 2.17. The van der Waals surface area contributed by atoms with Crippen LogP contribution in [0.25, 0.3) is 5.57 Å². The van der Waals surface area contributed by atoms with Crippen LogP contribution in [0.1, 0.15) is 33.5 Å². The van der Waals surface area contributed by atoms with Crippen LogP contribution in [0.3, 0.4) is 0 Å². The first-order valence-electron chi connectivity index (χ1n) is 7.70. The Morgan fingerprint density at radius 2 is 1.92 bits per heavy atom. The quantitative estimate of drug-likeness (QED) is 0.646. The number of hydrogen-bond donors (Lipinski definition) is 2. The lowest BCUT2D eigenvalue weighted by molar-refractivity contribution is 0.100. The molecule has 0 bridgehead atoms. The van der Waals surface area contributed by atoms with Gasteiger partial charge >= 0.3 is 0 Å². The van der Waals surface area contributed by atoms with Gasteiger partial charge in [-0.15, -0.1) is 0 Å². The molecule has 1 aliphatic heterocycles. The van der Waals surface area contributed by atoms with Gasteiger partial charge in [0.25, 0.3) is 5.91 Å². The molecule has 0 atom stereocenters. The monoisotopic (exact) mass is 332 g/mol. The van der Waals surface area contributed by atoms with Crippen molar-refractivity contribution in [1.82, 2.24) is 0 Å². The summed E-state index contributed by atoms with van der Waals surface area (Å²) in [7, 11) is 0. The minimum Gasteiger partial charge on any atom is -0.493 e. The van der Waals surface area contributed by atoms with E-state index < -0.39 is 5.91 Å². The van der Waals surface area contributed by atoms with Gasteiger partial charge in [0.1, 0.15) is 5.75 Å². The van der Waals surface area contributed by atoms with Crippen LogP contribution < -0.4 is 16.2 Å². The van der Waals surface area contributed by atoms with Crippen molar-refractivity contribution in [1.29, 1.82) is 5.26 Å². The molecule has 2 aromatic carbocycles. The van der Waals surface area contributed by atoms with Crippen molar-refractivity contribution in [2.45, 2.75) is 6.42 Å². The average molecular weight is 332 g/mol. The van der Waals surface area contributed by atoms with Crippen molar-refractivity contribution < 1.29 is 9.53 Å². The highest BCUT2D eigenvalue weighted by atomic mass is 16.5.